The van der Waals surface area contributed by atoms with Gasteiger partial charge in [-0.05, 0) is 26.2 Å². The van der Waals surface area contributed by atoms with Gasteiger partial charge in [-0.1, -0.05) is 11.6 Å². The fourth-order valence-corrected chi connectivity index (χ4v) is 3.09. The van der Waals surface area contributed by atoms with Gasteiger partial charge in [-0.25, -0.2) is 17.6 Å². The van der Waals surface area contributed by atoms with Crippen LogP contribution in [0.3, 0.4) is 0 Å². The summed E-state index contributed by atoms with van der Waals surface area (Å²) in [4.78, 5) is 11.9. The fourth-order valence-electron chi connectivity index (χ4n) is 1.54. The number of halogens is 2. The average Bonchev–Trinajstić information content (AvgIpc) is 2.37. The van der Waals surface area contributed by atoms with Crippen molar-refractivity contribution in [1.29, 1.82) is 0 Å². The van der Waals surface area contributed by atoms with E-state index in [0.29, 0.717) is 6.54 Å². The molecule has 0 aliphatic carbocycles. The zero-order chi connectivity index (χ0) is 16.4. The highest BCUT2D eigenvalue weighted by molar-refractivity contribution is 7.89. The van der Waals surface area contributed by atoms with Gasteiger partial charge in [-0.15, -0.1) is 0 Å². The largest absolute Gasteiger partial charge is 0.478 e. The molecule has 1 rings (SSSR count). The van der Waals surface area contributed by atoms with Crippen LogP contribution >= 0.6 is 11.6 Å². The second kappa shape index (κ2) is 6.69. The van der Waals surface area contributed by atoms with Gasteiger partial charge < -0.3 is 10.0 Å². The second-order valence-corrected chi connectivity index (χ2v) is 7.15. The molecule has 6 nitrogen and oxygen atoms in total. The molecule has 0 aliphatic heterocycles. The van der Waals surface area contributed by atoms with Gasteiger partial charge in [0.2, 0.25) is 10.0 Å². The minimum atomic E-state index is -4.16. The molecule has 0 saturated heterocycles. The standard InChI is InChI=1S/C12H16ClFN2O4S/c1-15(2)4-5-16(3)21(19,20)10-7-8(13)6-9(11(10)14)12(17)18/h6-7H,4-5H2,1-3H3,(H,17,18). The summed E-state index contributed by atoms with van der Waals surface area (Å²) in [6.45, 7) is 0.563. The summed E-state index contributed by atoms with van der Waals surface area (Å²) in [5.41, 5.74) is -0.776. The monoisotopic (exact) mass is 338 g/mol. The van der Waals surface area contributed by atoms with Crippen molar-refractivity contribution in [1.82, 2.24) is 9.21 Å². The van der Waals surface area contributed by atoms with Gasteiger partial charge in [0, 0.05) is 25.2 Å². The van der Waals surface area contributed by atoms with Gasteiger partial charge in [0.1, 0.15) is 4.90 Å². The minimum Gasteiger partial charge on any atom is -0.478 e. The lowest BCUT2D eigenvalue weighted by atomic mass is 10.2. The number of nitrogens with zero attached hydrogens (tertiary/aromatic N) is 2. The molecule has 9 heteroatoms. The van der Waals surface area contributed by atoms with E-state index in [9.17, 15) is 17.6 Å². The molecule has 0 fully saturated rings. The summed E-state index contributed by atoms with van der Waals surface area (Å²) in [5.74, 6) is -2.90. The van der Waals surface area contributed by atoms with Gasteiger partial charge in [0.25, 0.3) is 0 Å². The summed E-state index contributed by atoms with van der Waals surface area (Å²) < 4.78 is 39.7. The first-order valence-corrected chi connectivity index (χ1v) is 7.72. The summed E-state index contributed by atoms with van der Waals surface area (Å²) in [7, 11) is 0.665. The van der Waals surface area contributed by atoms with Crippen LogP contribution in [0.1, 0.15) is 10.4 Å². The number of aromatic carboxylic acids is 1. The molecule has 1 aromatic carbocycles. The van der Waals surface area contributed by atoms with Gasteiger partial charge in [0.05, 0.1) is 5.56 Å². The molecule has 0 radical (unpaired) electrons. The topological polar surface area (TPSA) is 77.9 Å². The Morgan fingerprint density at radius 3 is 2.33 bits per heavy atom. The van der Waals surface area contributed by atoms with Crippen LogP contribution in [0.25, 0.3) is 0 Å². The lowest BCUT2D eigenvalue weighted by Crippen LogP contribution is -2.34. The van der Waals surface area contributed by atoms with E-state index in [4.69, 9.17) is 16.7 Å². The highest BCUT2D eigenvalue weighted by Gasteiger charge is 2.28. The number of rotatable bonds is 6. The Labute approximate surface area is 127 Å². The number of carbonyl (C=O) groups is 1. The minimum absolute atomic E-state index is 0.129. The van der Waals surface area contributed by atoms with Crippen molar-refractivity contribution < 1.29 is 22.7 Å². The molecule has 1 N–H and O–H groups in total. The first-order chi connectivity index (χ1) is 9.57. The van der Waals surface area contributed by atoms with E-state index >= 15 is 0 Å². The van der Waals surface area contributed by atoms with E-state index in [1.807, 2.05) is 0 Å². The predicted octanol–water partition coefficient (Wildman–Crippen LogP) is 1.36. The van der Waals surface area contributed by atoms with Gasteiger partial charge in [-0.3, -0.25) is 0 Å². The molecule has 0 aliphatic rings. The Hall–Kier alpha value is -1.22. The molecular weight excluding hydrogens is 323 g/mol. The number of hydrogen-bond acceptors (Lipinski definition) is 4. The maximum Gasteiger partial charge on any atom is 0.338 e. The molecular formula is C12H16ClFN2O4S. The lowest BCUT2D eigenvalue weighted by molar-refractivity contribution is 0.0691. The lowest BCUT2D eigenvalue weighted by Gasteiger charge is -2.20. The summed E-state index contributed by atoms with van der Waals surface area (Å²) in [5, 5.41) is 8.72. The molecule has 0 bridgehead atoms. The smallest absolute Gasteiger partial charge is 0.338 e. The molecule has 0 unspecified atom stereocenters. The molecule has 0 amide bonds. The summed E-state index contributed by atoms with van der Waals surface area (Å²) in [6.07, 6.45) is 0. The maximum absolute atomic E-state index is 14.1. The van der Waals surface area contributed by atoms with Crippen molar-refractivity contribution in [3.8, 4) is 0 Å². The Kier molecular flexibility index (Phi) is 5.68. The summed E-state index contributed by atoms with van der Waals surface area (Å²) in [6, 6.07) is 1.78. The average molecular weight is 339 g/mol. The molecule has 21 heavy (non-hydrogen) atoms. The summed E-state index contributed by atoms with van der Waals surface area (Å²) >= 11 is 5.68. The number of sulfonamides is 1. The molecule has 0 spiro atoms. The van der Waals surface area contributed by atoms with Crippen molar-refractivity contribution in [3.63, 3.8) is 0 Å². The molecule has 1 aromatic rings. The third-order valence-electron chi connectivity index (χ3n) is 2.78. The number of carboxylic acid groups (broad SMARTS) is 1. The molecule has 0 aromatic heterocycles. The van der Waals surface area contributed by atoms with Crippen molar-refractivity contribution in [2.24, 2.45) is 0 Å². The number of hydrogen-bond donors (Lipinski definition) is 1. The first-order valence-electron chi connectivity index (χ1n) is 5.90. The quantitative estimate of drug-likeness (QED) is 0.847. The number of benzene rings is 1. The first kappa shape index (κ1) is 17.8. The highest BCUT2D eigenvalue weighted by atomic mass is 35.5. The third-order valence-corrected chi connectivity index (χ3v) is 4.86. The highest BCUT2D eigenvalue weighted by Crippen LogP contribution is 2.25. The Balaban J connectivity index is 3.28. The molecule has 0 saturated carbocycles. The van der Waals surface area contributed by atoms with Crippen molar-refractivity contribution in [3.05, 3.63) is 28.5 Å². The normalized spacial score (nSPS) is 12.1. The molecule has 0 heterocycles. The van der Waals surface area contributed by atoms with E-state index in [0.717, 1.165) is 16.4 Å². The van der Waals surface area contributed by atoms with E-state index < -0.39 is 32.3 Å². The molecule has 0 atom stereocenters. The number of likely N-dealkylation sites (N-methyl/N-ethyl adjacent to an activating group) is 2. The van der Waals surface area contributed by atoms with Crippen molar-refractivity contribution in [2.45, 2.75) is 4.90 Å². The van der Waals surface area contributed by atoms with Crippen LogP contribution in [0.4, 0.5) is 4.39 Å². The van der Waals surface area contributed by atoms with E-state index in [2.05, 4.69) is 0 Å². The Morgan fingerprint density at radius 2 is 1.86 bits per heavy atom. The van der Waals surface area contributed by atoms with Crippen molar-refractivity contribution >= 4 is 27.6 Å². The van der Waals surface area contributed by atoms with Crippen LogP contribution in [-0.2, 0) is 10.0 Å². The predicted molar refractivity (Wildman–Crippen MR) is 76.7 cm³/mol. The second-order valence-electron chi connectivity index (χ2n) is 4.70. The fraction of sp³-hybridized carbons (Fsp3) is 0.417. The van der Waals surface area contributed by atoms with Crippen LogP contribution < -0.4 is 0 Å². The van der Waals surface area contributed by atoms with Crippen LogP contribution in [0.2, 0.25) is 5.02 Å². The zero-order valence-corrected chi connectivity index (χ0v) is 13.4. The van der Waals surface area contributed by atoms with E-state index in [1.165, 1.54) is 7.05 Å². The van der Waals surface area contributed by atoms with Gasteiger partial charge in [-0.2, -0.15) is 4.31 Å². The van der Waals surface area contributed by atoms with E-state index in [-0.39, 0.29) is 11.6 Å². The van der Waals surface area contributed by atoms with Crippen LogP contribution in [0.15, 0.2) is 17.0 Å². The third kappa shape index (κ3) is 4.13. The SMILES string of the molecule is CN(C)CCN(C)S(=O)(=O)c1cc(Cl)cc(C(=O)O)c1F. The molecule has 118 valence electrons. The van der Waals surface area contributed by atoms with Crippen molar-refractivity contribution in [2.75, 3.05) is 34.2 Å². The maximum atomic E-state index is 14.1. The van der Waals surface area contributed by atoms with Gasteiger partial charge >= 0.3 is 5.97 Å². The van der Waals surface area contributed by atoms with Crippen LogP contribution in [0.5, 0.6) is 0 Å². The van der Waals surface area contributed by atoms with Crippen LogP contribution in [0, 0.1) is 5.82 Å². The zero-order valence-electron chi connectivity index (χ0n) is 11.8. The van der Waals surface area contributed by atoms with E-state index in [1.54, 1.807) is 19.0 Å². The number of carboxylic acids is 1. The Morgan fingerprint density at radius 1 is 1.29 bits per heavy atom. The van der Waals surface area contributed by atoms with Gasteiger partial charge in [0.15, 0.2) is 5.82 Å². The van der Waals surface area contributed by atoms with Crippen LogP contribution in [-0.4, -0.2) is 62.9 Å². The Bertz CT molecular complexity index is 649.